The second kappa shape index (κ2) is 41.6. The molecule has 0 saturated carbocycles. The third-order valence-electron chi connectivity index (χ3n) is 0. The van der Waals surface area contributed by atoms with Gasteiger partial charge in [0.25, 0.3) is 5.97 Å². The zero-order valence-electron chi connectivity index (χ0n) is 4.64. The first-order valence-corrected chi connectivity index (χ1v) is 0.928. The van der Waals surface area contributed by atoms with Crippen LogP contribution in [0.2, 0.25) is 0 Å². The molecule has 0 spiro atoms. The number of carboxylic acids is 1. The third-order valence-corrected chi connectivity index (χ3v) is 0. The summed E-state index contributed by atoms with van der Waals surface area (Å²) in [5.74, 6) is -0.833. The van der Waals surface area contributed by atoms with Crippen molar-refractivity contribution >= 4 is 5.97 Å². The van der Waals surface area contributed by atoms with Crippen molar-refractivity contribution in [1.82, 2.24) is 0 Å². The molecule has 0 aromatic heterocycles. The Morgan fingerprint density at radius 2 is 1.11 bits per heavy atom. The standard InChI is InChI=1S/C2H4O2.4H2O.Zr/c1-2(3)4;;;;;/h1H3,(H,3,4);4*1H2;/q;;;;;+4/p-4. The van der Waals surface area contributed by atoms with E-state index in [9.17, 15) is 0 Å². The van der Waals surface area contributed by atoms with Gasteiger partial charge in [0.15, 0.2) is 0 Å². The van der Waals surface area contributed by atoms with Crippen LogP contribution in [-0.2, 0) is 31.0 Å². The van der Waals surface area contributed by atoms with Crippen molar-refractivity contribution in [2.45, 2.75) is 6.92 Å². The first-order chi connectivity index (χ1) is 1.73. The van der Waals surface area contributed by atoms with Gasteiger partial charge >= 0.3 is 26.2 Å². The van der Waals surface area contributed by atoms with Gasteiger partial charge in [-0.25, -0.2) is 0 Å². The maximum absolute atomic E-state index is 9.00. The van der Waals surface area contributed by atoms with Crippen LogP contribution in [0.25, 0.3) is 0 Å². The van der Waals surface area contributed by atoms with Crippen molar-refractivity contribution < 1.29 is 58.0 Å². The van der Waals surface area contributed by atoms with Crippen LogP contribution in [0.3, 0.4) is 0 Å². The Kier molecular flexibility index (Phi) is 280. The summed E-state index contributed by atoms with van der Waals surface area (Å²) in [6.07, 6.45) is 0. The van der Waals surface area contributed by atoms with Crippen LogP contribution in [0.15, 0.2) is 0 Å². The summed E-state index contributed by atoms with van der Waals surface area (Å²) in [7, 11) is 0. The van der Waals surface area contributed by atoms with E-state index in [1.54, 1.807) is 0 Å². The van der Waals surface area contributed by atoms with Crippen LogP contribution in [-0.4, -0.2) is 33.0 Å². The first kappa shape index (κ1) is 60.5. The maximum Gasteiger partial charge on any atom is 4.00 e. The molecule has 0 aliphatic heterocycles. The molecule has 0 rings (SSSR count). The van der Waals surface area contributed by atoms with Crippen molar-refractivity contribution in [2.24, 2.45) is 0 Å². The third kappa shape index (κ3) is 8430. The molecule has 0 aromatic rings. The van der Waals surface area contributed by atoms with Gasteiger partial charge in [-0.05, 0) is 0 Å². The largest absolute Gasteiger partial charge is 4.00 e. The van der Waals surface area contributed by atoms with Gasteiger partial charge < -0.3 is 27.0 Å². The fraction of sp³-hybridized carbons (Fsp3) is 0.500. The molecule has 0 aliphatic carbocycles. The van der Waals surface area contributed by atoms with Gasteiger partial charge in [0, 0.05) is 6.92 Å². The molecule has 56 valence electrons. The van der Waals surface area contributed by atoms with Crippen LogP contribution in [0, 0.1) is 0 Å². The van der Waals surface area contributed by atoms with E-state index in [0.717, 1.165) is 6.92 Å². The molecular formula is C2H8O6Zr. The van der Waals surface area contributed by atoms with Gasteiger partial charge in [0.05, 0.1) is 0 Å². The van der Waals surface area contributed by atoms with Crippen molar-refractivity contribution in [2.75, 3.05) is 0 Å². The average molecular weight is 219 g/mol. The number of aliphatic carboxylic acids is 1. The number of carbonyl (C=O) groups is 1. The molecule has 0 aliphatic rings. The van der Waals surface area contributed by atoms with E-state index in [2.05, 4.69) is 0 Å². The summed E-state index contributed by atoms with van der Waals surface area (Å²) >= 11 is 0. The number of hydrogen-bond acceptors (Lipinski definition) is 5. The first-order valence-electron chi connectivity index (χ1n) is 0.928. The Morgan fingerprint density at radius 1 is 1.11 bits per heavy atom. The van der Waals surface area contributed by atoms with Crippen LogP contribution in [0.5, 0.6) is 0 Å². The minimum Gasteiger partial charge on any atom is -0.870 e. The van der Waals surface area contributed by atoms with Gasteiger partial charge in [-0.1, -0.05) is 0 Å². The second-order valence-corrected chi connectivity index (χ2v) is 0.519. The SMILES string of the molecule is CC(=O)O.[OH-].[OH-].[OH-].[OH-].[Zr+4]. The van der Waals surface area contributed by atoms with E-state index in [1.807, 2.05) is 0 Å². The summed E-state index contributed by atoms with van der Waals surface area (Å²) in [5.41, 5.74) is 0. The average Bonchev–Trinajstić information content (AvgIpc) is 0.811. The summed E-state index contributed by atoms with van der Waals surface area (Å²) in [5, 5.41) is 7.42. The maximum atomic E-state index is 9.00. The zero-order chi connectivity index (χ0) is 3.58. The predicted molar refractivity (Wildman–Crippen MR) is 21.1 cm³/mol. The molecule has 9 heavy (non-hydrogen) atoms. The number of carboxylic acid groups (broad SMARTS) is 1. The van der Waals surface area contributed by atoms with E-state index in [4.69, 9.17) is 9.90 Å². The fourth-order valence-corrected chi connectivity index (χ4v) is 0. The second-order valence-electron chi connectivity index (χ2n) is 0.519. The Balaban J connectivity index is -0.00000000450. The van der Waals surface area contributed by atoms with Crippen LogP contribution < -0.4 is 0 Å². The quantitative estimate of drug-likeness (QED) is 0.571. The normalized spacial score (nSPS) is 2.78. The molecular weight excluding hydrogens is 211 g/mol. The molecule has 0 aromatic carbocycles. The monoisotopic (exact) mass is 218 g/mol. The summed E-state index contributed by atoms with van der Waals surface area (Å²) in [4.78, 5) is 9.00. The molecule has 0 saturated heterocycles. The molecule has 0 radical (unpaired) electrons. The van der Waals surface area contributed by atoms with Crippen molar-refractivity contribution in [1.29, 1.82) is 0 Å². The van der Waals surface area contributed by atoms with E-state index in [-0.39, 0.29) is 48.1 Å². The summed E-state index contributed by atoms with van der Waals surface area (Å²) < 4.78 is 0. The Bertz CT molecular complexity index is 34.0. The van der Waals surface area contributed by atoms with Crippen molar-refractivity contribution in [3.63, 3.8) is 0 Å². The van der Waals surface area contributed by atoms with Crippen molar-refractivity contribution in [3.8, 4) is 0 Å². The van der Waals surface area contributed by atoms with E-state index >= 15 is 0 Å². The number of rotatable bonds is 0. The van der Waals surface area contributed by atoms with E-state index in [1.165, 1.54) is 0 Å². The molecule has 0 atom stereocenters. The molecule has 0 fully saturated rings. The van der Waals surface area contributed by atoms with Crippen LogP contribution in [0.4, 0.5) is 0 Å². The molecule has 7 heteroatoms. The predicted octanol–water partition coefficient (Wildman–Crippen LogP) is -0.619. The van der Waals surface area contributed by atoms with Crippen molar-refractivity contribution in [3.05, 3.63) is 0 Å². The molecule has 0 amide bonds. The Hall–Kier alpha value is 0.193. The van der Waals surface area contributed by atoms with E-state index in [0.29, 0.717) is 0 Å². The van der Waals surface area contributed by atoms with Gasteiger partial charge in [-0.2, -0.15) is 0 Å². The molecule has 6 nitrogen and oxygen atoms in total. The number of hydrogen-bond donors (Lipinski definition) is 1. The zero-order valence-corrected chi connectivity index (χ0v) is 7.10. The molecule has 0 unspecified atom stereocenters. The van der Waals surface area contributed by atoms with Gasteiger partial charge in [-0.15, -0.1) is 0 Å². The minimum atomic E-state index is -0.833. The van der Waals surface area contributed by atoms with E-state index < -0.39 is 5.97 Å². The summed E-state index contributed by atoms with van der Waals surface area (Å²) in [6, 6.07) is 0. The minimum absolute atomic E-state index is 0. The molecule has 0 heterocycles. The Morgan fingerprint density at radius 3 is 1.11 bits per heavy atom. The molecule has 5 N–H and O–H groups in total. The van der Waals surface area contributed by atoms with Gasteiger partial charge in [-0.3, -0.25) is 4.79 Å². The molecule has 0 bridgehead atoms. The van der Waals surface area contributed by atoms with Gasteiger partial charge in [0.2, 0.25) is 0 Å². The van der Waals surface area contributed by atoms with Gasteiger partial charge in [0.1, 0.15) is 0 Å². The Labute approximate surface area is 71.2 Å². The summed E-state index contributed by atoms with van der Waals surface area (Å²) in [6.45, 7) is 1.08. The van der Waals surface area contributed by atoms with Crippen LogP contribution >= 0.6 is 0 Å². The fourth-order valence-electron chi connectivity index (χ4n) is 0. The smallest absolute Gasteiger partial charge is 0.870 e. The van der Waals surface area contributed by atoms with Crippen LogP contribution in [0.1, 0.15) is 6.92 Å². The topological polar surface area (TPSA) is 157 Å².